The highest BCUT2D eigenvalue weighted by Gasteiger charge is 2.40. The molecule has 2 atom stereocenters. The Balaban J connectivity index is 1.66. The Kier molecular flexibility index (Phi) is 8.32. The molecule has 2 unspecified atom stereocenters. The van der Waals surface area contributed by atoms with Crippen LogP contribution in [-0.4, -0.2) is 59.0 Å². The molecule has 30 heavy (non-hydrogen) atoms. The fourth-order valence-electron chi connectivity index (χ4n) is 5.16. The van der Waals surface area contributed by atoms with Crippen molar-refractivity contribution in [2.45, 2.75) is 95.7 Å². The van der Waals surface area contributed by atoms with Gasteiger partial charge in [-0.2, -0.15) is 5.90 Å². The molecule has 0 radical (unpaired) electrons. The summed E-state index contributed by atoms with van der Waals surface area (Å²) in [6.07, 6.45) is 10.9. The number of nitrogens with two attached hydrogens (primary N) is 1. The van der Waals surface area contributed by atoms with Gasteiger partial charge in [0.15, 0.2) is 0 Å². The molecule has 170 valence electrons. The highest BCUT2D eigenvalue weighted by molar-refractivity contribution is 5.85. The van der Waals surface area contributed by atoms with Gasteiger partial charge in [0.25, 0.3) is 0 Å². The molecule has 3 fully saturated rings. The van der Waals surface area contributed by atoms with Crippen LogP contribution in [0.3, 0.4) is 0 Å². The van der Waals surface area contributed by atoms with Gasteiger partial charge in [0.1, 0.15) is 6.54 Å². The lowest BCUT2D eigenvalue weighted by molar-refractivity contribution is -0.146. The van der Waals surface area contributed by atoms with Crippen LogP contribution in [-0.2, 0) is 14.4 Å². The number of urea groups is 1. The number of amides is 3. The molecule has 1 heterocycles. The lowest BCUT2D eigenvalue weighted by Gasteiger charge is -2.45. The molecule has 9 heteroatoms. The third-order valence-corrected chi connectivity index (χ3v) is 6.67. The van der Waals surface area contributed by atoms with Gasteiger partial charge in [0.05, 0.1) is 12.5 Å². The van der Waals surface area contributed by atoms with E-state index in [0.717, 1.165) is 51.4 Å². The van der Waals surface area contributed by atoms with E-state index in [0.29, 0.717) is 6.54 Å². The van der Waals surface area contributed by atoms with E-state index in [1.807, 2.05) is 6.92 Å². The lowest BCUT2D eigenvalue weighted by atomic mass is 9.82. The Morgan fingerprint density at radius 2 is 1.77 bits per heavy atom. The third-order valence-electron chi connectivity index (χ3n) is 6.67. The summed E-state index contributed by atoms with van der Waals surface area (Å²) < 4.78 is 0. The van der Waals surface area contributed by atoms with Crippen LogP contribution in [0.1, 0.15) is 77.6 Å². The molecule has 0 aromatic heterocycles. The first kappa shape index (κ1) is 22.8. The molecule has 3 rings (SSSR count). The maximum Gasteiger partial charge on any atom is 0.335 e. The fourth-order valence-corrected chi connectivity index (χ4v) is 5.16. The van der Waals surface area contributed by atoms with Crippen LogP contribution in [0.25, 0.3) is 0 Å². The van der Waals surface area contributed by atoms with Crippen molar-refractivity contribution >= 4 is 17.9 Å². The Bertz CT molecular complexity index is 604. The minimum Gasteiger partial charge on any atom is -0.373 e. The normalized spacial score (nSPS) is 25.1. The number of rotatable bonds is 7. The first-order valence-corrected chi connectivity index (χ1v) is 11.5. The SMILES string of the molecule is CC1CN(CC(=O)NC2CCCCC2)C(=O)N(C(CC(=O)ON)C2CCCCC2)N1. The van der Waals surface area contributed by atoms with Crippen molar-refractivity contribution in [3.05, 3.63) is 0 Å². The molecular formula is C21H37N5O4. The summed E-state index contributed by atoms with van der Waals surface area (Å²) in [6.45, 7) is 2.47. The minimum absolute atomic E-state index is 0.0230. The molecule has 0 bridgehead atoms. The van der Waals surface area contributed by atoms with Crippen LogP contribution in [0.4, 0.5) is 4.79 Å². The molecule has 3 amide bonds. The molecule has 9 nitrogen and oxygen atoms in total. The van der Waals surface area contributed by atoms with Gasteiger partial charge < -0.3 is 15.1 Å². The lowest BCUT2D eigenvalue weighted by Crippen LogP contribution is -2.67. The number of hydrogen-bond donors (Lipinski definition) is 3. The number of hydrazine groups is 1. The van der Waals surface area contributed by atoms with Gasteiger partial charge in [-0.15, -0.1) is 0 Å². The molecule has 4 N–H and O–H groups in total. The zero-order chi connectivity index (χ0) is 21.5. The van der Waals surface area contributed by atoms with E-state index in [9.17, 15) is 14.4 Å². The van der Waals surface area contributed by atoms with E-state index < -0.39 is 5.97 Å². The van der Waals surface area contributed by atoms with E-state index in [-0.39, 0.29) is 48.9 Å². The maximum atomic E-state index is 13.3. The van der Waals surface area contributed by atoms with Crippen LogP contribution < -0.4 is 16.6 Å². The molecule has 0 aromatic carbocycles. The van der Waals surface area contributed by atoms with Crippen molar-refractivity contribution in [1.82, 2.24) is 20.7 Å². The van der Waals surface area contributed by atoms with E-state index in [4.69, 9.17) is 5.90 Å². The quantitative estimate of drug-likeness (QED) is 0.538. The highest BCUT2D eigenvalue weighted by Crippen LogP contribution is 2.31. The highest BCUT2D eigenvalue weighted by atomic mass is 16.7. The molecule has 2 aliphatic carbocycles. The van der Waals surface area contributed by atoms with Crippen LogP contribution in [0.15, 0.2) is 0 Å². The average molecular weight is 424 g/mol. The van der Waals surface area contributed by atoms with Crippen LogP contribution >= 0.6 is 0 Å². The van der Waals surface area contributed by atoms with Crippen molar-refractivity contribution in [3.8, 4) is 0 Å². The number of nitrogens with zero attached hydrogens (tertiary/aromatic N) is 2. The molecule has 0 spiro atoms. The number of hydrogen-bond acceptors (Lipinski definition) is 6. The zero-order valence-electron chi connectivity index (χ0n) is 18.1. The van der Waals surface area contributed by atoms with Crippen molar-refractivity contribution in [2.24, 2.45) is 11.8 Å². The predicted octanol–water partition coefficient (Wildman–Crippen LogP) is 1.82. The van der Waals surface area contributed by atoms with Crippen LogP contribution in [0.2, 0.25) is 0 Å². The summed E-state index contributed by atoms with van der Waals surface area (Å²) in [5.74, 6) is 4.65. The van der Waals surface area contributed by atoms with Gasteiger partial charge in [0.2, 0.25) is 5.91 Å². The van der Waals surface area contributed by atoms with Gasteiger partial charge >= 0.3 is 12.0 Å². The summed E-state index contributed by atoms with van der Waals surface area (Å²) in [5, 5.41) is 4.65. The van der Waals surface area contributed by atoms with E-state index in [1.54, 1.807) is 9.91 Å². The topological polar surface area (TPSA) is 117 Å². The fraction of sp³-hybridized carbons (Fsp3) is 0.857. The minimum atomic E-state index is -0.528. The Morgan fingerprint density at radius 3 is 2.40 bits per heavy atom. The van der Waals surface area contributed by atoms with Gasteiger partial charge in [-0.05, 0) is 38.5 Å². The first-order chi connectivity index (χ1) is 14.5. The van der Waals surface area contributed by atoms with Crippen molar-refractivity contribution < 1.29 is 19.2 Å². The Morgan fingerprint density at radius 1 is 1.13 bits per heavy atom. The van der Waals surface area contributed by atoms with Crippen molar-refractivity contribution in [3.63, 3.8) is 0 Å². The summed E-state index contributed by atoms with van der Waals surface area (Å²) >= 11 is 0. The monoisotopic (exact) mass is 423 g/mol. The van der Waals surface area contributed by atoms with Gasteiger partial charge in [0, 0.05) is 18.6 Å². The first-order valence-electron chi connectivity index (χ1n) is 11.5. The van der Waals surface area contributed by atoms with Gasteiger partial charge in [-0.3, -0.25) is 14.6 Å². The largest absolute Gasteiger partial charge is 0.373 e. The number of carbonyl (C=O) groups is 3. The molecule has 1 saturated heterocycles. The third kappa shape index (κ3) is 6.07. The maximum absolute atomic E-state index is 13.3. The standard InChI is InChI=1S/C21H37N5O4/c1-15-13-25(14-19(27)23-17-10-6-3-7-11-17)21(29)26(24-15)18(12-20(28)30-22)16-8-4-2-5-9-16/h15-18,24H,2-14,22H2,1H3,(H,23,27). The summed E-state index contributed by atoms with van der Waals surface area (Å²) in [6, 6.07) is -0.398. The summed E-state index contributed by atoms with van der Waals surface area (Å²) in [4.78, 5) is 43.9. The summed E-state index contributed by atoms with van der Waals surface area (Å²) in [5.41, 5.74) is 3.24. The number of nitrogens with one attached hydrogen (secondary N) is 2. The van der Waals surface area contributed by atoms with Crippen LogP contribution in [0, 0.1) is 5.92 Å². The molecular weight excluding hydrogens is 386 g/mol. The average Bonchev–Trinajstić information content (AvgIpc) is 2.75. The second-order valence-electron chi connectivity index (χ2n) is 9.13. The molecule has 2 saturated carbocycles. The van der Waals surface area contributed by atoms with E-state index >= 15 is 0 Å². The second kappa shape index (κ2) is 10.9. The van der Waals surface area contributed by atoms with Crippen molar-refractivity contribution in [2.75, 3.05) is 13.1 Å². The van der Waals surface area contributed by atoms with E-state index in [1.165, 1.54) is 12.8 Å². The Hall–Kier alpha value is -1.87. The zero-order valence-corrected chi connectivity index (χ0v) is 18.1. The molecule has 1 aliphatic heterocycles. The molecule has 3 aliphatic rings. The van der Waals surface area contributed by atoms with Crippen molar-refractivity contribution in [1.29, 1.82) is 0 Å². The number of carbonyl (C=O) groups excluding carboxylic acids is 3. The second-order valence-corrected chi connectivity index (χ2v) is 9.13. The predicted molar refractivity (Wildman–Crippen MR) is 112 cm³/mol. The summed E-state index contributed by atoms with van der Waals surface area (Å²) in [7, 11) is 0. The molecule has 0 aromatic rings. The van der Waals surface area contributed by atoms with Crippen LogP contribution in [0.5, 0.6) is 0 Å². The van der Waals surface area contributed by atoms with Gasteiger partial charge in [-0.25, -0.2) is 10.2 Å². The van der Waals surface area contributed by atoms with E-state index in [2.05, 4.69) is 15.6 Å². The smallest absolute Gasteiger partial charge is 0.335 e. The van der Waals surface area contributed by atoms with Gasteiger partial charge in [-0.1, -0.05) is 38.5 Å². The Labute approximate surface area is 179 Å².